The number of amides is 1. The second-order valence-corrected chi connectivity index (χ2v) is 8.34. The number of hydrogen-bond donors (Lipinski definition) is 0. The molecule has 26 heavy (non-hydrogen) atoms. The Morgan fingerprint density at radius 2 is 1.96 bits per heavy atom. The van der Waals surface area contributed by atoms with Crippen LogP contribution in [0.3, 0.4) is 0 Å². The van der Waals surface area contributed by atoms with Gasteiger partial charge in [0, 0.05) is 6.04 Å². The third-order valence-electron chi connectivity index (χ3n) is 5.55. The zero-order chi connectivity index (χ0) is 18.3. The molecule has 0 N–H and O–H groups in total. The molecule has 2 aliphatic rings. The highest BCUT2D eigenvalue weighted by Crippen LogP contribution is 2.43. The summed E-state index contributed by atoms with van der Waals surface area (Å²) in [5.74, 6) is 2.29. The quantitative estimate of drug-likeness (QED) is 0.800. The Hall–Kier alpha value is -2.08. The molecule has 1 aliphatic carbocycles. The SMILES string of the molecule is COc1ccc(OC[C@@H]2[C@@H]3CC[C@@H](C3)N2C(=O)c2sc(C)nc2C)cc1. The standard InChI is InChI=1S/C20H24N2O3S/c1-12-19(26-13(2)21-12)20(23)22-15-5-4-14(10-15)18(22)11-25-17-8-6-16(24-3)7-9-17/h6-9,14-15,18H,4-5,10-11H2,1-3H3/t14-,15+,18-/m1/s1. The fourth-order valence-corrected chi connectivity index (χ4v) is 5.19. The van der Waals surface area contributed by atoms with Crippen molar-refractivity contribution in [2.24, 2.45) is 5.92 Å². The molecular weight excluding hydrogens is 348 g/mol. The molecule has 1 aromatic heterocycles. The first kappa shape index (κ1) is 17.3. The number of piperidine rings is 1. The van der Waals surface area contributed by atoms with E-state index in [0.717, 1.165) is 39.9 Å². The molecule has 2 bridgehead atoms. The molecule has 1 aliphatic heterocycles. The lowest BCUT2D eigenvalue weighted by Crippen LogP contribution is -2.47. The Bertz CT molecular complexity index is 802. The van der Waals surface area contributed by atoms with E-state index in [0.29, 0.717) is 18.6 Å². The molecule has 1 aromatic carbocycles. The van der Waals surface area contributed by atoms with Gasteiger partial charge in [-0.2, -0.15) is 0 Å². The van der Waals surface area contributed by atoms with Crippen LogP contribution in [0.4, 0.5) is 0 Å². The monoisotopic (exact) mass is 372 g/mol. The maximum absolute atomic E-state index is 13.2. The molecule has 2 heterocycles. The van der Waals surface area contributed by atoms with E-state index in [2.05, 4.69) is 9.88 Å². The molecule has 0 unspecified atom stereocenters. The van der Waals surface area contributed by atoms with E-state index in [9.17, 15) is 4.79 Å². The summed E-state index contributed by atoms with van der Waals surface area (Å²) in [6.45, 7) is 4.42. The summed E-state index contributed by atoms with van der Waals surface area (Å²) in [7, 11) is 1.65. The smallest absolute Gasteiger partial charge is 0.266 e. The number of methoxy groups -OCH3 is 1. The van der Waals surface area contributed by atoms with Gasteiger partial charge in [0.15, 0.2) is 0 Å². The molecule has 3 atom stereocenters. The Morgan fingerprint density at radius 1 is 1.23 bits per heavy atom. The maximum atomic E-state index is 13.2. The predicted molar refractivity (Wildman–Crippen MR) is 101 cm³/mol. The van der Waals surface area contributed by atoms with Gasteiger partial charge < -0.3 is 14.4 Å². The highest BCUT2D eigenvalue weighted by molar-refractivity contribution is 7.13. The largest absolute Gasteiger partial charge is 0.497 e. The molecular formula is C20H24N2O3S. The second kappa shape index (κ2) is 6.91. The van der Waals surface area contributed by atoms with Crippen LogP contribution in [-0.2, 0) is 0 Å². The summed E-state index contributed by atoms with van der Waals surface area (Å²) >= 11 is 1.50. The Kier molecular flexibility index (Phi) is 4.61. The minimum absolute atomic E-state index is 0.128. The molecule has 5 nitrogen and oxygen atoms in total. The van der Waals surface area contributed by atoms with Crippen LogP contribution >= 0.6 is 11.3 Å². The third kappa shape index (κ3) is 3.07. The highest BCUT2D eigenvalue weighted by Gasteiger charge is 2.49. The van der Waals surface area contributed by atoms with Crippen LogP contribution in [0.15, 0.2) is 24.3 Å². The van der Waals surface area contributed by atoms with E-state index < -0.39 is 0 Å². The first-order chi connectivity index (χ1) is 12.6. The number of likely N-dealkylation sites (tertiary alicyclic amines) is 1. The van der Waals surface area contributed by atoms with Crippen molar-refractivity contribution in [2.45, 2.75) is 45.2 Å². The van der Waals surface area contributed by atoms with Crippen LogP contribution < -0.4 is 9.47 Å². The molecule has 1 saturated heterocycles. The third-order valence-corrected chi connectivity index (χ3v) is 6.61. The van der Waals surface area contributed by atoms with E-state index in [1.54, 1.807) is 7.11 Å². The van der Waals surface area contributed by atoms with Gasteiger partial charge in [0.2, 0.25) is 0 Å². The summed E-state index contributed by atoms with van der Waals surface area (Å²) in [6.07, 6.45) is 3.39. The summed E-state index contributed by atoms with van der Waals surface area (Å²) < 4.78 is 11.2. The van der Waals surface area contributed by atoms with Crippen molar-refractivity contribution < 1.29 is 14.3 Å². The summed E-state index contributed by atoms with van der Waals surface area (Å²) in [4.78, 5) is 20.5. The number of hydrogen-bond acceptors (Lipinski definition) is 5. The number of thiazole rings is 1. The van der Waals surface area contributed by atoms with Crippen molar-refractivity contribution in [3.8, 4) is 11.5 Å². The van der Waals surface area contributed by atoms with E-state index in [1.165, 1.54) is 17.8 Å². The molecule has 1 saturated carbocycles. The minimum Gasteiger partial charge on any atom is -0.497 e. The summed E-state index contributed by atoms with van der Waals surface area (Å²) in [5, 5.41) is 0.946. The molecule has 1 amide bonds. The maximum Gasteiger partial charge on any atom is 0.266 e. The van der Waals surface area contributed by atoms with E-state index in [-0.39, 0.29) is 11.9 Å². The van der Waals surface area contributed by atoms with Gasteiger partial charge in [0.25, 0.3) is 5.91 Å². The lowest BCUT2D eigenvalue weighted by molar-refractivity contribution is 0.0509. The molecule has 2 fully saturated rings. The fourth-order valence-electron chi connectivity index (χ4n) is 4.33. The zero-order valence-electron chi connectivity index (χ0n) is 15.4. The molecule has 0 spiro atoms. The number of carbonyl (C=O) groups excluding carboxylic acids is 1. The summed E-state index contributed by atoms with van der Waals surface area (Å²) in [6, 6.07) is 8.10. The Morgan fingerprint density at radius 3 is 2.62 bits per heavy atom. The topological polar surface area (TPSA) is 51.7 Å². The van der Waals surface area contributed by atoms with Gasteiger partial charge in [0.05, 0.1) is 23.9 Å². The number of rotatable bonds is 5. The van der Waals surface area contributed by atoms with Crippen molar-refractivity contribution in [3.05, 3.63) is 39.8 Å². The number of aromatic nitrogens is 1. The Labute approximate surface area is 157 Å². The lowest BCUT2D eigenvalue weighted by Gasteiger charge is -2.35. The number of fused-ring (bicyclic) bond motifs is 2. The van der Waals surface area contributed by atoms with E-state index >= 15 is 0 Å². The minimum atomic E-state index is 0.128. The van der Waals surface area contributed by atoms with E-state index in [4.69, 9.17) is 9.47 Å². The fraction of sp³-hybridized carbons (Fsp3) is 0.500. The number of aryl methyl sites for hydroxylation is 2. The van der Waals surface area contributed by atoms with Crippen LogP contribution in [0.5, 0.6) is 11.5 Å². The first-order valence-electron chi connectivity index (χ1n) is 9.10. The first-order valence-corrected chi connectivity index (χ1v) is 9.92. The zero-order valence-corrected chi connectivity index (χ0v) is 16.2. The van der Waals surface area contributed by atoms with Crippen molar-refractivity contribution in [3.63, 3.8) is 0 Å². The van der Waals surface area contributed by atoms with Crippen LogP contribution in [-0.4, -0.2) is 41.6 Å². The second-order valence-electron chi connectivity index (χ2n) is 7.14. The van der Waals surface area contributed by atoms with Crippen molar-refractivity contribution >= 4 is 17.2 Å². The average molecular weight is 372 g/mol. The van der Waals surface area contributed by atoms with Crippen molar-refractivity contribution in [2.75, 3.05) is 13.7 Å². The van der Waals surface area contributed by atoms with E-state index in [1.807, 2.05) is 38.1 Å². The van der Waals surface area contributed by atoms with Crippen molar-refractivity contribution in [1.29, 1.82) is 0 Å². The molecule has 0 radical (unpaired) electrons. The van der Waals surface area contributed by atoms with Gasteiger partial charge in [-0.1, -0.05) is 0 Å². The average Bonchev–Trinajstić information content (AvgIpc) is 3.34. The van der Waals surface area contributed by atoms with Gasteiger partial charge in [-0.05, 0) is 63.3 Å². The lowest BCUT2D eigenvalue weighted by atomic mass is 9.99. The predicted octanol–water partition coefficient (Wildman–Crippen LogP) is 3.84. The Balaban J connectivity index is 1.50. The van der Waals surface area contributed by atoms with Crippen LogP contribution in [0.2, 0.25) is 0 Å². The number of benzene rings is 1. The number of carbonyl (C=O) groups is 1. The van der Waals surface area contributed by atoms with Gasteiger partial charge in [-0.25, -0.2) is 4.98 Å². The van der Waals surface area contributed by atoms with Crippen molar-refractivity contribution in [1.82, 2.24) is 9.88 Å². The molecule has 4 rings (SSSR count). The van der Waals surface area contributed by atoms with Crippen LogP contribution in [0.1, 0.15) is 39.6 Å². The van der Waals surface area contributed by atoms with Crippen LogP contribution in [0.25, 0.3) is 0 Å². The molecule has 2 aromatic rings. The van der Waals surface area contributed by atoms with Gasteiger partial charge in [0.1, 0.15) is 23.0 Å². The van der Waals surface area contributed by atoms with Gasteiger partial charge in [-0.15, -0.1) is 11.3 Å². The van der Waals surface area contributed by atoms with Gasteiger partial charge in [-0.3, -0.25) is 4.79 Å². The van der Waals surface area contributed by atoms with Gasteiger partial charge >= 0.3 is 0 Å². The normalized spacial score (nSPS) is 24.1. The highest BCUT2D eigenvalue weighted by atomic mass is 32.1. The molecule has 138 valence electrons. The summed E-state index contributed by atoms with van der Waals surface area (Å²) in [5.41, 5.74) is 0.843. The number of ether oxygens (including phenoxy) is 2. The number of nitrogens with zero attached hydrogens (tertiary/aromatic N) is 2. The van der Waals surface area contributed by atoms with Crippen LogP contribution in [0, 0.1) is 19.8 Å². The molecule has 6 heteroatoms.